The van der Waals surface area contributed by atoms with E-state index in [4.69, 9.17) is 5.73 Å². The number of hydrogen-bond donors (Lipinski definition) is 2. The van der Waals surface area contributed by atoms with E-state index in [0.717, 1.165) is 10.0 Å². The van der Waals surface area contributed by atoms with E-state index in [9.17, 15) is 5.11 Å². The monoisotopic (exact) mass is 255 g/mol. The summed E-state index contributed by atoms with van der Waals surface area (Å²) in [7, 11) is 0. The third-order valence-electron chi connectivity index (χ3n) is 3.25. The van der Waals surface area contributed by atoms with Gasteiger partial charge in [-0.15, -0.1) is 0 Å². The number of phenols is 1. The van der Waals surface area contributed by atoms with Gasteiger partial charge in [0.25, 0.3) is 0 Å². The predicted octanol–water partition coefficient (Wildman–Crippen LogP) is 2.61. The number of benzene rings is 1. The molecule has 3 N–H and O–H groups in total. The average molecular weight is 256 g/mol. The van der Waals surface area contributed by atoms with Crippen LogP contribution in [0.15, 0.2) is 22.7 Å². The van der Waals surface area contributed by atoms with E-state index in [-0.39, 0.29) is 17.2 Å². The van der Waals surface area contributed by atoms with Crippen molar-refractivity contribution in [1.82, 2.24) is 0 Å². The van der Waals surface area contributed by atoms with Crippen LogP contribution in [0.3, 0.4) is 0 Å². The van der Waals surface area contributed by atoms with Gasteiger partial charge < -0.3 is 10.8 Å². The van der Waals surface area contributed by atoms with Gasteiger partial charge in [-0.2, -0.15) is 0 Å². The average Bonchev–Trinajstić information content (AvgIpc) is 2.59. The van der Waals surface area contributed by atoms with Crippen molar-refractivity contribution in [3.63, 3.8) is 0 Å². The molecular formula is C11H14BrNO. The van der Waals surface area contributed by atoms with Crippen molar-refractivity contribution >= 4 is 15.9 Å². The Bertz CT molecular complexity index is 376. The zero-order valence-electron chi connectivity index (χ0n) is 8.29. The molecule has 2 atom stereocenters. The predicted molar refractivity (Wildman–Crippen MR) is 60.3 cm³/mol. The Morgan fingerprint density at radius 2 is 2.00 bits per heavy atom. The van der Waals surface area contributed by atoms with Gasteiger partial charge in [0, 0.05) is 12.0 Å². The summed E-state index contributed by atoms with van der Waals surface area (Å²) in [5, 5.41) is 9.55. The first kappa shape index (κ1) is 9.99. The van der Waals surface area contributed by atoms with Crippen LogP contribution in [0.2, 0.25) is 0 Å². The van der Waals surface area contributed by atoms with Crippen molar-refractivity contribution in [2.45, 2.75) is 25.8 Å². The minimum absolute atomic E-state index is 0.149. The van der Waals surface area contributed by atoms with Crippen molar-refractivity contribution in [3.8, 4) is 5.75 Å². The van der Waals surface area contributed by atoms with Crippen LogP contribution in [0.5, 0.6) is 5.75 Å². The molecule has 0 spiro atoms. The molecule has 2 rings (SSSR count). The normalized spacial score (nSPS) is 28.9. The Kier molecular flexibility index (Phi) is 2.12. The number of rotatable bonds is 1. The van der Waals surface area contributed by atoms with Crippen LogP contribution in [-0.4, -0.2) is 11.1 Å². The lowest BCUT2D eigenvalue weighted by Gasteiger charge is -2.06. The standard InChI is InChI=1S/C11H14BrNO/c1-11(2)8(10(11)13)6-4-3-5-7(14)9(6)12/h3-5,8,10,14H,13H2,1-2H3. The molecule has 0 radical (unpaired) electrons. The van der Waals surface area contributed by atoms with Crippen LogP contribution in [0.4, 0.5) is 0 Å². The highest BCUT2D eigenvalue weighted by atomic mass is 79.9. The molecule has 2 unspecified atom stereocenters. The van der Waals surface area contributed by atoms with Crippen LogP contribution in [0, 0.1) is 5.41 Å². The molecule has 0 aliphatic heterocycles. The van der Waals surface area contributed by atoms with Gasteiger partial charge in [0.15, 0.2) is 0 Å². The maximum atomic E-state index is 9.55. The molecular weight excluding hydrogens is 242 g/mol. The van der Waals surface area contributed by atoms with Gasteiger partial charge in [0.1, 0.15) is 5.75 Å². The summed E-state index contributed by atoms with van der Waals surface area (Å²) >= 11 is 3.39. The van der Waals surface area contributed by atoms with E-state index in [1.165, 1.54) is 0 Å². The van der Waals surface area contributed by atoms with Crippen molar-refractivity contribution in [2.75, 3.05) is 0 Å². The molecule has 76 valence electrons. The fraction of sp³-hybridized carbons (Fsp3) is 0.455. The van der Waals surface area contributed by atoms with Gasteiger partial charge in [0.2, 0.25) is 0 Å². The zero-order chi connectivity index (χ0) is 10.5. The third kappa shape index (κ3) is 1.27. The molecule has 1 aromatic rings. The summed E-state index contributed by atoms with van der Waals surface area (Å²) in [5.74, 6) is 0.640. The highest BCUT2D eigenvalue weighted by Gasteiger charge is 2.56. The molecule has 1 aliphatic carbocycles. The second-order valence-electron chi connectivity index (χ2n) is 4.51. The van der Waals surface area contributed by atoms with E-state index >= 15 is 0 Å². The second-order valence-corrected chi connectivity index (χ2v) is 5.30. The summed E-state index contributed by atoms with van der Waals surface area (Å²) in [6.07, 6.45) is 0. The number of halogens is 1. The first-order chi connectivity index (χ1) is 6.46. The van der Waals surface area contributed by atoms with Gasteiger partial charge in [-0.25, -0.2) is 0 Å². The summed E-state index contributed by atoms with van der Waals surface area (Å²) in [6.45, 7) is 4.30. The van der Waals surface area contributed by atoms with Crippen LogP contribution in [0.1, 0.15) is 25.3 Å². The SMILES string of the molecule is CC1(C)C(N)C1c1cccc(O)c1Br. The van der Waals surface area contributed by atoms with Crippen LogP contribution < -0.4 is 5.73 Å². The van der Waals surface area contributed by atoms with Gasteiger partial charge in [-0.3, -0.25) is 0 Å². The lowest BCUT2D eigenvalue weighted by molar-refractivity contribution is 0.470. The molecule has 14 heavy (non-hydrogen) atoms. The highest BCUT2D eigenvalue weighted by molar-refractivity contribution is 9.10. The van der Waals surface area contributed by atoms with Gasteiger partial charge >= 0.3 is 0 Å². The molecule has 0 saturated heterocycles. The Balaban J connectivity index is 2.40. The summed E-state index contributed by atoms with van der Waals surface area (Å²) < 4.78 is 0.783. The molecule has 0 heterocycles. The minimum Gasteiger partial charge on any atom is -0.507 e. The molecule has 0 aromatic heterocycles. The summed E-state index contributed by atoms with van der Waals surface area (Å²) in [5.41, 5.74) is 7.26. The van der Waals surface area contributed by atoms with Crippen LogP contribution in [-0.2, 0) is 0 Å². The summed E-state index contributed by atoms with van der Waals surface area (Å²) in [4.78, 5) is 0. The van der Waals surface area contributed by atoms with Crippen molar-refractivity contribution in [3.05, 3.63) is 28.2 Å². The Morgan fingerprint density at radius 3 is 2.50 bits per heavy atom. The quantitative estimate of drug-likeness (QED) is 0.811. The van der Waals surface area contributed by atoms with E-state index in [2.05, 4.69) is 29.8 Å². The van der Waals surface area contributed by atoms with Gasteiger partial charge in [-0.1, -0.05) is 26.0 Å². The molecule has 1 aromatic carbocycles. The van der Waals surface area contributed by atoms with E-state index < -0.39 is 0 Å². The lowest BCUT2D eigenvalue weighted by Crippen LogP contribution is -2.06. The largest absolute Gasteiger partial charge is 0.507 e. The van der Waals surface area contributed by atoms with E-state index in [1.54, 1.807) is 6.07 Å². The van der Waals surface area contributed by atoms with Crippen LogP contribution >= 0.6 is 15.9 Å². The van der Waals surface area contributed by atoms with E-state index in [0.29, 0.717) is 5.92 Å². The van der Waals surface area contributed by atoms with Gasteiger partial charge in [-0.05, 0) is 33.0 Å². The van der Waals surface area contributed by atoms with Crippen molar-refractivity contribution in [2.24, 2.45) is 11.1 Å². The maximum absolute atomic E-state index is 9.55. The van der Waals surface area contributed by atoms with E-state index in [1.807, 2.05) is 12.1 Å². The number of aromatic hydroxyl groups is 1. The fourth-order valence-corrected chi connectivity index (χ4v) is 2.56. The molecule has 0 amide bonds. The Morgan fingerprint density at radius 1 is 1.43 bits per heavy atom. The maximum Gasteiger partial charge on any atom is 0.130 e. The van der Waals surface area contributed by atoms with Gasteiger partial charge in [0.05, 0.1) is 4.47 Å². The smallest absolute Gasteiger partial charge is 0.130 e. The minimum atomic E-state index is 0.149. The number of hydrogen-bond acceptors (Lipinski definition) is 2. The van der Waals surface area contributed by atoms with Crippen LogP contribution in [0.25, 0.3) is 0 Å². The Labute approximate surface area is 92.3 Å². The lowest BCUT2D eigenvalue weighted by atomic mass is 10.0. The molecule has 1 aliphatic rings. The van der Waals surface area contributed by atoms with Crippen molar-refractivity contribution in [1.29, 1.82) is 0 Å². The molecule has 1 saturated carbocycles. The molecule has 1 fully saturated rings. The summed E-state index contributed by atoms with van der Waals surface area (Å²) in [6, 6.07) is 5.74. The first-order valence-electron chi connectivity index (χ1n) is 4.69. The fourth-order valence-electron chi connectivity index (χ4n) is 2.05. The Hall–Kier alpha value is -0.540. The number of nitrogens with two attached hydrogens (primary N) is 1. The topological polar surface area (TPSA) is 46.2 Å². The third-order valence-corrected chi connectivity index (χ3v) is 4.12. The van der Waals surface area contributed by atoms with Crippen molar-refractivity contribution < 1.29 is 5.11 Å². The second kappa shape index (κ2) is 2.97. The molecule has 0 bridgehead atoms. The number of phenolic OH excluding ortho intramolecular Hbond substituents is 1. The highest BCUT2D eigenvalue weighted by Crippen LogP contribution is 2.59. The molecule has 2 nitrogen and oxygen atoms in total. The molecule has 3 heteroatoms. The zero-order valence-corrected chi connectivity index (χ0v) is 9.88. The first-order valence-corrected chi connectivity index (χ1v) is 5.48.